The molecular weight excluding hydrogens is 581 g/mol. The summed E-state index contributed by atoms with van der Waals surface area (Å²) in [6.45, 7) is 3.11. The number of fused-ring (bicyclic) bond motifs is 1. The molecule has 1 aromatic heterocycles. The minimum absolute atomic E-state index is 0.0130. The van der Waals surface area contributed by atoms with Gasteiger partial charge in [0, 0.05) is 19.5 Å². The topological polar surface area (TPSA) is 133 Å². The van der Waals surface area contributed by atoms with Crippen LogP contribution in [0.25, 0.3) is 0 Å². The normalized spacial score (nSPS) is 18.9. The predicted octanol–water partition coefficient (Wildman–Crippen LogP) is 3.23. The van der Waals surface area contributed by atoms with Crippen molar-refractivity contribution in [2.45, 2.75) is 35.1 Å². The number of thiophene rings is 1. The highest BCUT2D eigenvalue weighted by atomic mass is 32.2. The van der Waals surface area contributed by atoms with Crippen molar-refractivity contribution in [2.75, 3.05) is 31.5 Å². The van der Waals surface area contributed by atoms with Crippen LogP contribution < -0.4 is 9.46 Å². The van der Waals surface area contributed by atoms with Crippen LogP contribution in [-0.4, -0.2) is 75.9 Å². The third-order valence-electron chi connectivity index (χ3n) is 6.65. The van der Waals surface area contributed by atoms with E-state index in [4.69, 9.17) is 4.74 Å². The maximum Gasteiger partial charge on any atom is 0.271 e. The van der Waals surface area contributed by atoms with Crippen LogP contribution in [0.15, 0.2) is 69.1 Å². The first-order valence-corrected chi connectivity index (χ1v) is 16.1. The van der Waals surface area contributed by atoms with E-state index in [0.29, 0.717) is 0 Å². The summed E-state index contributed by atoms with van der Waals surface area (Å²) in [4.78, 5) is 15.0. The van der Waals surface area contributed by atoms with E-state index in [-0.39, 0.29) is 45.8 Å². The van der Waals surface area contributed by atoms with E-state index in [2.05, 4.69) is 4.72 Å². The number of amides is 1. The van der Waals surface area contributed by atoms with Crippen molar-refractivity contribution < 1.29 is 35.9 Å². The number of nitrogens with one attached hydrogen (secondary N) is 1. The average Bonchev–Trinajstić information content (AvgIpc) is 3.47. The number of likely N-dealkylation sites (N-methyl/N-ethyl adjacent to an activating group) is 1. The van der Waals surface area contributed by atoms with Crippen molar-refractivity contribution in [3.8, 4) is 5.75 Å². The molecule has 2 heterocycles. The van der Waals surface area contributed by atoms with Crippen molar-refractivity contribution in [3.05, 3.63) is 71.4 Å². The van der Waals surface area contributed by atoms with Crippen LogP contribution >= 0.6 is 11.3 Å². The van der Waals surface area contributed by atoms with E-state index in [1.54, 1.807) is 25.3 Å². The zero-order chi connectivity index (χ0) is 29.2. The molecule has 0 fully saturated rings. The van der Waals surface area contributed by atoms with Gasteiger partial charge in [0.2, 0.25) is 10.0 Å². The lowest BCUT2D eigenvalue weighted by atomic mass is 9.99. The second kappa shape index (κ2) is 11.8. The number of aliphatic hydroxyl groups is 1. The zero-order valence-corrected chi connectivity index (χ0v) is 24.5. The molecule has 0 aliphatic carbocycles. The summed E-state index contributed by atoms with van der Waals surface area (Å²) in [6, 6.07) is 11.4. The smallest absolute Gasteiger partial charge is 0.271 e. The van der Waals surface area contributed by atoms with Gasteiger partial charge in [0.15, 0.2) is 5.75 Å². The summed E-state index contributed by atoms with van der Waals surface area (Å²) < 4.78 is 75.9. The van der Waals surface area contributed by atoms with E-state index >= 15 is 0 Å². The summed E-state index contributed by atoms with van der Waals surface area (Å²) in [5.74, 6) is -1.53. The van der Waals surface area contributed by atoms with Gasteiger partial charge in [0.05, 0.1) is 35.3 Å². The van der Waals surface area contributed by atoms with Crippen LogP contribution in [0.4, 0.5) is 10.1 Å². The van der Waals surface area contributed by atoms with Gasteiger partial charge in [-0.2, -0.15) is 4.31 Å². The molecule has 14 heteroatoms. The largest absolute Gasteiger partial charge is 0.486 e. The molecule has 0 saturated carbocycles. The predicted molar refractivity (Wildman–Crippen MR) is 149 cm³/mol. The van der Waals surface area contributed by atoms with Gasteiger partial charge < -0.3 is 14.7 Å². The van der Waals surface area contributed by atoms with Crippen molar-refractivity contribution in [2.24, 2.45) is 5.92 Å². The number of ether oxygens (including phenoxy) is 1. The van der Waals surface area contributed by atoms with Gasteiger partial charge in [-0.05, 0) is 54.8 Å². The average molecular weight is 612 g/mol. The van der Waals surface area contributed by atoms with E-state index in [1.165, 1.54) is 48.3 Å². The molecular formula is C26H30FN3O7S3. The van der Waals surface area contributed by atoms with Gasteiger partial charge in [-0.1, -0.05) is 19.1 Å². The number of para-hydroxylation sites is 1. The second-order valence-electron chi connectivity index (χ2n) is 9.58. The Morgan fingerprint density at radius 2 is 1.85 bits per heavy atom. The van der Waals surface area contributed by atoms with E-state index in [9.17, 15) is 31.1 Å². The number of hydrogen-bond acceptors (Lipinski definition) is 8. The van der Waals surface area contributed by atoms with Crippen LogP contribution in [0, 0.1) is 11.7 Å². The molecule has 1 aliphatic heterocycles. The van der Waals surface area contributed by atoms with Gasteiger partial charge in [-0.15, -0.1) is 11.3 Å². The van der Waals surface area contributed by atoms with Crippen LogP contribution in [0.1, 0.15) is 24.2 Å². The van der Waals surface area contributed by atoms with Crippen LogP contribution in [0.5, 0.6) is 5.75 Å². The molecule has 0 unspecified atom stereocenters. The molecule has 0 bridgehead atoms. The standard InChI is InChI=1S/C26H30FN3O7S3/c1-17-14-30(18(2)16-31)26(32)21-6-4-7-22(28-39(33,34)24-8-5-13-38-24)25(21)37-23(17)15-29(3)40(35,36)20-11-9-19(27)10-12-20/h4-13,17-18,23,28,31H,14-16H2,1-3H3/t17-,18-,23+/m0/s1. The Hall–Kier alpha value is -3.04. The molecule has 1 amide bonds. The number of halogens is 1. The molecule has 3 atom stereocenters. The summed E-state index contributed by atoms with van der Waals surface area (Å²) in [5, 5.41) is 11.5. The quantitative estimate of drug-likeness (QED) is 0.380. The lowest BCUT2D eigenvalue weighted by molar-refractivity contribution is 0.0389. The maximum atomic E-state index is 13.6. The lowest BCUT2D eigenvalue weighted by Gasteiger charge is -2.38. The molecule has 4 rings (SSSR count). The Labute approximate surface area is 237 Å². The maximum absolute atomic E-state index is 13.6. The molecule has 2 N–H and O–H groups in total. The monoisotopic (exact) mass is 611 g/mol. The van der Waals surface area contributed by atoms with Crippen molar-refractivity contribution in [1.29, 1.82) is 0 Å². The van der Waals surface area contributed by atoms with Gasteiger partial charge in [-0.25, -0.2) is 21.2 Å². The first-order valence-electron chi connectivity index (χ1n) is 12.3. The number of aliphatic hydroxyl groups excluding tert-OH is 1. The Kier molecular flexibility index (Phi) is 8.85. The lowest BCUT2D eigenvalue weighted by Crippen LogP contribution is -2.50. The molecule has 216 valence electrons. The van der Waals surface area contributed by atoms with Crippen molar-refractivity contribution in [1.82, 2.24) is 9.21 Å². The molecule has 0 spiro atoms. The number of benzene rings is 2. The Morgan fingerprint density at radius 1 is 1.15 bits per heavy atom. The molecule has 40 heavy (non-hydrogen) atoms. The number of anilines is 1. The molecule has 3 aromatic rings. The fraction of sp³-hybridized carbons (Fsp3) is 0.346. The number of carbonyl (C=O) groups is 1. The van der Waals surface area contributed by atoms with Crippen LogP contribution in [0.3, 0.4) is 0 Å². The summed E-state index contributed by atoms with van der Waals surface area (Å²) in [5.41, 5.74) is 0.0756. The van der Waals surface area contributed by atoms with E-state index < -0.39 is 49.8 Å². The Balaban J connectivity index is 1.75. The van der Waals surface area contributed by atoms with Gasteiger partial charge in [0.25, 0.3) is 15.9 Å². The first-order chi connectivity index (χ1) is 18.8. The Bertz CT molecular complexity index is 1560. The van der Waals surface area contributed by atoms with Crippen molar-refractivity contribution >= 4 is 43.0 Å². The highest BCUT2D eigenvalue weighted by Gasteiger charge is 2.36. The van der Waals surface area contributed by atoms with Gasteiger partial charge in [-0.3, -0.25) is 9.52 Å². The highest BCUT2D eigenvalue weighted by molar-refractivity contribution is 7.94. The van der Waals surface area contributed by atoms with Crippen LogP contribution in [-0.2, 0) is 20.0 Å². The van der Waals surface area contributed by atoms with E-state index in [1.807, 2.05) is 0 Å². The highest BCUT2D eigenvalue weighted by Crippen LogP contribution is 2.36. The molecule has 1 aliphatic rings. The van der Waals surface area contributed by atoms with Crippen LogP contribution in [0.2, 0.25) is 0 Å². The number of rotatable bonds is 9. The second-order valence-corrected chi connectivity index (χ2v) is 14.5. The number of hydrogen-bond donors (Lipinski definition) is 2. The summed E-state index contributed by atoms with van der Waals surface area (Å²) in [7, 11) is -6.68. The minimum Gasteiger partial charge on any atom is -0.486 e. The molecule has 10 nitrogen and oxygen atoms in total. The SMILES string of the molecule is C[C@H]1CN([C@@H](C)CO)C(=O)c2cccc(NS(=O)(=O)c3cccs3)c2O[C@@H]1CN(C)S(=O)(=O)c1ccc(F)cc1. The summed E-state index contributed by atoms with van der Waals surface area (Å²) in [6.07, 6.45) is -0.840. The first kappa shape index (κ1) is 29.9. The molecule has 0 saturated heterocycles. The zero-order valence-electron chi connectivity index (χ0n) is 22.0. The number of carbonyl (C=O) groups excluding carboxylic acids is 1. The third kappa shape index (κ3) is 6.15. The van der Waals surface area contributed by atoms with Gasteiger partial charge in [0.1, 0.15) is 16.1 Å². The van der Waals surface area contributed by atoms with Crippen molar-refractivity contribution in [3.63, 3.8) is 0 Å². The van der Waals surface area contributed by atoms with Gasteiger partial charge >= 0.3 is 0 Å². The Morgan fingerprint density at radius 3 is 2.48 bits per heavy atom. The third-order valence-corrected chi connectivity index (χ3v) is 11.3. The summed E-state index contributed by atoms with van der Waals surface area (Å²) >= 11 is 1.02. The minimum atomic E-state index is -4.03. The van der Waals surface area contributed by atoms with E-state index in [0.717, 1.165) is 27.8 Å². The molecule has 2 aromatic carbocycles. The molecule has 0 radical (unpaired) electrons. The fourth-order valence-corrected chi connectivity index (χ4v) is 7.53. The number of sulfonamides is 2. The number of nitrogens with zero attached hydrogens (tertiary/aromatic N) is 2. The fourth-order valence-electron chi connectivity index (χ4n) is 4.29.